The number of morpholine rings is 1. The van der Waals surface area contributed by atoms with E-state index in [4.69, 9.17) is 21.1 Å². The number of ether oxygens (including phenoxy) is 2. The number of benzene rings is 2. The fourth-order valence-corrected chi connectivity index (χ4v) is 7.53. The van der Waals surface area contributed by atoms with Crippen LogP contribution >= 0.6 is 11.6 Å². The molecule has 9 nitrogen and oxygen atoms in total. The molecule has 5 rings (SSSR count). The Morgan fingerprint density at radius 1 is 1.07 bits per heavy atom. The van der Waals surface area contributed by atoms with E-state index in [1.165, 1.54) is 28.6 Å². The number of nitrogens with zero attached hydrogens (tertiary/aromatic N) is 3. The molecule has 0 bridgehead atoms. The predicted molar refractivity (Wildman–Crippen MR) is 147 cm³/mol. The quantitative estimate of drug-likeness (QED) is 0.507. The maximum atomic E-state index is 14.3. The summed E-state index contributed by atoms with van der Waals surface area (Å²) in [6, 6.07) is 6.52. The molecule has 41 heavy (non-hydrogen) atoms. The zero-order valence-electron chi connectivity index (χ0n) is 22.9. The molecule has 2 aliphatic heterocycles. The number of amides is 1. The van der Waals surface area contributed by atoms with Crippen LogP contribution in [0.3, 0.4) is 0 Å². The van der Waals surface area contributed by atoms with Crippen LogP contribution in [0.1, 0.15) is 38.3 Å². The van der Waals surface area contributed by atoms with E-state index in [-0.39, 0.29) is 30.3 Å². The number of rotatable bonds is 7. The molecule has 3 aliphatic rings. The van der Waals surface area contributed by atoms with E-state index in [9.17, 15) is 27.1 Å². The molecule has 1 N–H and O–H groups in total. The van der Waals surface area contributed by atoms with Gasteiger partial charge in [-0.3, -0.25) is 4.90 Å². The summed E-state index contributed by atoms with van der Waals surface area (Å²) in [5.41, 5.74) is -1.49. The van der Waals surface area contributed by atoms with Gasteiger partial charge in [-0.25, -0.2) is 22.0 Å². The Hall–Kier alpha value is -2.35. The molecule has 1 saturated carbocycles. The molecule has 3 fully saturated rings. The van der Waals surface area contributed by atoms with E-state index in [0.29, 0.717) is 50.1 Å². The van der Waals surface area contributed by atoms with Crippen molar-refractivity contribution in [2.24, 2.45) is 0 Å². The smallest absolute Gasteiger partial charge is 0.410 e. The number of piperazine rings is 1. The zero-order valence-corrected chi connectivity index (χ0v) is 24.5. The minimum Gasteiger partial charge on any atom is -0.441 e. The van der Waals surface area contributed by atoms with Crippen molar-refractivity contribution in [3.63, 3.8) is 0 Å². The van der Waals surface area contributed by atoms with Crippen LogP contribution in [-0.4, -0.2) is 96.9 Å². The summed E-state index contributed by atoms with van der Waals surface area (Å²) in [5.74, 6) is -1.69. The van der Waals surface area contributed by atoms with Crippen molar-refractivity contribution in [2.45, 2.75) is 54.8 Å². The molecule has 0 radical (unpaired) electrons. The standard InChI is InChI=1S/C28H34ClF2N3O6S/c1-27(2,18-35)33-11-9-32(10-12-33)26(36)40-28(7-8-28)25-17-39-16-24(19-13-21(30)15-22(31)14-19)34(25)41(37,38)23-5-3-20(29)4-6-23/h3-6,13-15,24-25,35H,7-12,16-18H2,1-2H3/t24-,25+/m0/s1. The monoisotopic (exact) mass is 613 g/mol. The summed E-state index contributed by atoms with van der Waals surface area (Å²) in [6.07, 6.45) is 0.245. The minimum absolute atomic E-state index is 0.0173. The lowest BCUT2D eigenvalue weighted by Gasteiger charge is -2.45. The molecule has 2 saturated heterocycles. The number of aliphatic hydroxyl groups excluding tert-OH is 1. The molecule has 1 amide bonds. The number of carbonyl (C=O) groups is 1. The van der Waals surface area contributed by atoms with Crippen molar-refractivity contribution >= 4 is 27.7 Å². The van der Waals surface area contributed by atoms with Gasteiger partial charge < -0.3 is 19.5 Å². The lowest BCUT2D eigenvalue weighted by Crippen LogP contribution is -2.60. The fourth-order valence-electron chi connectivity index (χ4n) is 5.57. The molecule has 2 heterocycles. The van der Waals surface area contributed by atoms with Gasteiger partial charge in [-0.15, -0.1) is 0 Å². The van der Waals surface area contributed by atoms with Gasteiger partial charge in [0.15, 0.2) is 0 Å². The molecule has 0 unspecified atom stereocenters. The molecule has 0 aromatic heterocycles. The van der Waals surface area contributed by atoms with E-state index < -0.39 is 51.0 Å². The molecule has 0 spiro atoms. The molecule has 2 aromatic rings. The van der Waals surface area contributed by atoms with Gasteiger partial charge in [0.1, 0.15) is 17.2 Å². The van der Waals surface area contributed by atoms with Gasteiger partial charge in [0.2, 0.25) is 10.0 Å². The Balaban J connectivity index is 1.44. The Bertz CT molecular complexity index is 1360. The number of hydrogen-bond acceptors (Lipinski definition) is 7. The first-order valence-corrected chi connectivity index (χ1v) is 15.3. The third-order valence-electron chi connectivity index (χ3n) is 8.25. The summed E-state index contributed by atoms with van der Waals surface area (Å²) < 4.78 is 69.9. The molecular weight excluding hydrogens is 580 g/mol. The summed E-state index contributed by atoms with van der Waals surface area (Å²) >= 11 is 6.00. The van der Waals surface area contributed by atoms with Crippen LogP contribution in [0.15, 0.2) is 47.4 Å². The van der Waals surface area contributed by atoms with E-state index >= 15 is 0 Å². The highest BCUT2D eigenvalue weighted by Gasteiger charge is 2.61. The molecule has 13 heteroatoms. The Labute approximate surface area is 243 Å². The third kappa shape index (κ3) is 6.09. The molecule has 224 valence electrons. The largest absolute Gasteiger partial charge is 0.441 e. The number of carbonyl (C=O) groups excluding carboxylic acids is 1. The van der Waals surface area contributed by atoms with Gasteiger partial charge in [0.25, 0.3) is 0 Å². The predicted octanol–water partition coefficient (Wildman–Crippen LogP) is 3.81. The van der Waals surface area contributed by atoms with Gasteiger partial charge in [-0.05, 0) is 68.7 Å². The molecule has 2 aromatic carbocycles. The first kappa shape index (κ1) is 30.1. The normalized spacial score (nSPS) is 23.8. The van der Waals surface area contributed by atoms with E-state index in [1.54, 1.807) is 4.90 Å². The first-order chi connectivity index (χ1) is 19.4. The highest BCUT2D eigenvalue weighted by Crippen LogP contribution is 2.50. The summed E-state index contributed by atoms with van der Waals surface area (Å²) in [6.45, 7) is 5.51. The highest BCUT2D eigenvalue weighted by molar-refractivity contribution is 7.89. The SMILES string of the molecule is CC(C)(CO)N1CCN(C(=O)OC2([C@H]3COC[C@@H](c4cc(F)cc(F)c4)N3S(=O)(=O)c3ccc(Cl)cc3)CC2)CC1. The van der Waals surface area contributed by atoms with E-state index in [2.05, 4.69) is 4.90 Å². The average molecular weight is 614 g/mol. The summed E-state index contributed by atoms with van der Waals surface area (Å²) in [7, 11) is -4.27. The number of halogens is 3. The second kappa shape index (κ2) is 11.4. The lowest BCUT2D eigenvalue weighted by molar-refractivity contribution is -0.0751. The fraction of sp³-hybridized carbons (Fsp3) is 0.536. The lowest BCUT2D eigenvalue weighted by atomic mass is 10.0. The number of sulfonamides is 1. The van der Waals surface area contributed by atoms with Crippen molar-refractivity contribution in [2.75, 3.05) is 46.0 Å². The van der Waals surface area contributed by atoms with Gasteiger partial charge in [-0.1, -0.05) is 11.6 Å². The van der Waals surface area contributed by atoms with Crippen molar-refractivity contribution in [1.82, 2.24) is 14.1 Å². The van der Waals surface area contributed by atoms with Crippen molar-refractivity contribution in [3.05, 3.63) is 64.7 Å². The molecule has 1 aliphatic carbocycles. The van der Waals surface area contributed by atoms with Crippen LogP contribution in [0.25, 0.3) is 0 Å². The summed E-state index contributed by atoms with van der Waals surface area (Å²) in [4.78, 5) is 17.0. The second-order valence-electron chi connectivity index (χ2n) is 11.4. The minimum atomic E-state index is -4.27. The van der Waals surface area contributed by atoms with Crippen molar-refractivity contribution < 1.29 is 36.6 Å². The Morgan fingerprint density at radius 2 is 1.68 bits per heavy atom. The van der Waals surface area contributed by atoms with Crippen molar-refractivity contribution in [3.8, 4) is 0 Å². The molecular formula is C28H34ClF2N3O6S. The third-order valence-corrected chi connectivity index (χ3v) is 10.4. The van der Waals surface area contributed by atoms with Gasteiger partial charge in [0, 0.05) is 42.8 Å². The van der Waals surface area contributed by atoms with Crippen LogP contribution in [0.2, 0.25) is 5.02 Å². The van der Waals surface area contributed by atoms with Gasteiger partial charge >= 0.3 is 6.09 Å². The maximum Gasteiger partial charge on any atom is 0.410 e. The van der Waals surface area contributed by atoms with E-state index in [1.807, 2.05) is 13.8 Å². The van der Waals surface area contributed by atoms with Crippen molar-refractivity contribution in [1.29, 1.82) is 0 Å². The topological polar surface area (TPSA) is 99.6 Å². The summed E-state index contributed by atoms with van der Waals surface area (Å²) in [5, 5.41) is 10.0. The Morgan fingerprint density at radius 3 is 2.24 bits per heavy atom. The van der Waals surface area contributed by atoms with Crippen LogP contribution in [0, 0.1) is 11.6 Å². The van der Waals surface area contributed by atoms with Gasteiger partial charge in [0.05, 0.1) is 36.8 Å². The zero-order chi connectivity index (χ0) is 29.6. The second-order valence-corrected chi connectivity index (χ2v) is 13.7. The van der Waals surface area contributed by atoms with Crippen LogP contribution < -0.4 is 0 Å². The van der Waals surface area contributed by atoms with Crippen LogP contribution in [-0.2, 0) is 19.5 Å². The van der Waals surface area contributed by atoms with Crippen LogP contribution in [0.4, 0.5) is 13.6 Å². The van der Waals surface area contributed by atoms with Crippen LogP contribution in [0.5, 0.6) is 0 Å². The Kier molecular flexibility index (Phi) is 8.36. The maximum absolute atomic E-state index is 14.3. The number of aliphatic hydroxyl groups is 1. The molecule has 2 atom stereocenters. The first-order valence-electron chi connectivity index (χ1n) is 13.5. The van der Waals surface area contributed by atoms with E-state index in [0.717, 1.165) is 12.1 Å². The van der Waals surface area contributed by atoms with Gasteiger partial charge in [-0.2, -0.15) is 4.31 Å². The number of hydrogen-bond donors (Lipinski definition) is 1. The average Bonchev–Trinajstić information content (AvgIpc) is 3.72. The highest BCUT2D eigenvalue weighted by atomic mass is 35.5.